The molecule has 0 radical (unpaired) electrons. The monoisotopic (exact) mass is 332 g/mol. The van der Waals surface area contributed by atoms with Crippen LogP contribution in [-0.2, 0) is 19.6 Å². The van der Waals surface area contributed by atoms with Crippen LogP contribution in [-0.4, -0.2) is 64.3 Å². The molecule has 0 bridgehead atoms. The lowest BCUT2D eigenvalue weighted by molar-refractivity contribution is -0.131. The molecule has 22 heavy (non-hydrogen) atoms. The molecule has 0 spiro atoms. The lowest BCUT2D eigenvalue weighted by Gasteiger charge is -2.13. The maximum atomic E-state index is 13.7. The molecule has 1 rings (SSSR count). The number of carbonyl (C=O) groups is 2. The summed E-state index contributed by atoms with van der Waals surface area (Å²) in [5.74, 6) is -2.52. The molecule has 0 aliphatic heterocycles. The minimum atomic E-state index is -3.81. The number of hydrogen-bond acceptors (Lipinski definition) is 5. The van der Waals surface area contributed by atoms with Crippen LogP contribution in [0.1, 0.15) is 10.4 Å². The first-order valence-corrected chi connectivity index (χ1v) is 7.60. The van der Waals surface area contributed by atoms with E-state index in [1.807, 2.05) is 0 Å². The minimum absolute atomic E-state index is 0.246. The molecule has 0 atom stereocenters. The standard InChI is InChI=1S/C13H17FN2O5S/c1-15(2)12(17)8-21-13(18)10-7-9(5-6-11(10)14)22(19,20)16(3)4/h5-7H,8H2,1-4H3. The zero-order valence-corrected chi connectivity index (χ0v) is 13.5. The number of sulfonamides is 1. The van der Waals surface area contributed by atoms with Crippen molar-refractivity contribution in [3.8, 4) is 0 Å². The number of halogens is 1. The quantitative estimate of drug-likeness (QED) is 0.725. The molecule has 1 aromatic rings. The lowest BCUT2D eigenvalue weighted by atomic mass is 10.2. The van der Waals surface area contributed by atoms with Crippen LogP contribution in [0.15, 0.2) is 23.1 Å². The van der Waals surface area contributed by atoms with Gasteiger partial charge in [0.1, 0.15) is 5.82 Å². The summed E-state index contributed by atoms with van der Waals surface area (Å²) in [5, 5.41) is 0. The van der Waals surface area contributed by atoms with E-state index in [0.717, 1.165) is 22.5 Å². The summed E-state index contributed by atoms with van der Waals surface area (Å²) in [6.07, 6.45) is 0. The summed E-state index contributed by atoms with van der Waals surface area (Å²) in [6.45, 7) is -0.560. The Kier molecular flexibility index (Phi) is 5.61. The van der Waals surface area contributed by atoms with E-state index in [9.17, 15) is 22.4 Å². The zero-order chi connectivity index (χ0) is 17.1. The lowest BCUT2D eigenvalue weighted by Crippen LogP contribution is -2.28. The number of rotatable bonds is 5. The first-order valence-electron chi connectivity index (χ1n) is 6.16. The highest BCUT2D eigenvalue weighted by Crippen LogP contribution is 2.18. The molecule has 0 saturated heterocycles. The first-order chi connectivity index (χ1) is 10.1. The predicted octanol–water partition coefficient (Wildman–Crippen LogP) is 0.321. The highest BCUT2D eigenvalue weighted by molar-refractivity contribution is 7.89. The second-order valence-electron chi connectivity index (χ2n) is 4.79. The van der Waals surface area contributed by atoms with Crippen molar-refractivity contribution in [3.05, 3.63) is 29.6 Å². The van der Waals surface area contributed by atoms with Gasteiger partial charge in [-0.05, 0) is 18.2 Å². The third-order valence-corrected chi connectivity index (χ3v) is 4.57. The summed E-state index contributed by atoms with van der Waals surface area (Å²) in [7, 11) is 1.76. The van der Waals surface area contributed by atoms with Crippen molar-refractivity contribution >= 4 is 21.9 Å². The number of amides is 1. The summed E-state index contributed by atoms with van der Waals surface area (Å²) in [6, 6.07) is 2.79. The molecule has 1 amide bonds. The molecule has 0 aliphatic carbocycles. The first kappa shape index (κ1) is 18.1. The summed E-state index contributed by atoms with van der Waals surface area (Å²) < 4.78 is 43.2. The fourth-order valence-electron chi connectivity index (χ4n) is 1.37. The maximum absolute atomic E-state index is 13.7. The number of hydrogen-bond donors (Lipinski definition) is 0. The third-order valence-electron chi connectivity index (χ3n) is 2.76. The average molecular weight is 332 g/mol. The Labute approximate surface area is 128 Å². The van der Waals surface area contributed by atoms with Gasteiger partial charge in [0.25, 0.3) is 5.91 Å². The van der Waals surface area contributed by atoms with Gasteiger partial charge in [0.15, 0.2) is 6.61 Å². The van der Waals surface area contributed by atoms with E-state index in [-0.39, 0.29) is 4.90 Å². The van der Waals surface area contributed by atoms with Gasteiger partial charge in [-0.3, -0.25) is 4.79 Å². The smallest absolute Gasteiger partial charge is 0.341 e. The minimum Gasteiger partial charge on any atom is -0.452 e. The van der Waals surface area contributed by atoms with Crippen LogP contribution in [0.3, 0.4) is 0 Å². The molecule has 9 heteroatoms. The van der Waals surface area contributed by atoms with E-state index in [1.54, 1.807) is 0 Å². The Morgan fingerprint density at radius 2 is 1.77 bits per heavy atom. The Balaban J connectivity index is 3.05. The summed E-state index contributed by atoms with van der Waals surface area (Å²) in [5.41, 5.74) is -0.547. The van der Waals surface area contributed by atoms with Crippen molar-refractivity contribution in [3.63, 3.8) is 0 Å². The van der Waals surface area contributed by atoms with Crippen LogP contribution in [0.4, 0.5) is 4.39 Å². The van der Waals surface area contributed by atoms with Gasteiger partial charge in [-0.25, -0.2) is 21.9 Å². The van der Waals surface area contributed by atoms with Gasteiger partial charge >= 0.3 is 5.97 Å². The van der Waals surface area contributed by atoms with Crippen LogP contribution >= 0.6 is 0 Å². The molecule has 122 valence electrons. The van der Waals surface area contributed by atoms with Gasteiger partial charge in [0.05, 0.1) is 10.5 Å². The van der Waals surface area contributed by atoms with Gasteiger partial charge in [0, 0.05) is 28.2 Å². The highest BCUT2D eigenvalue weighted by atomic mass is 32.2. The van der Waals surface area contributed by atoms with Crippen molar-refractivity contribution in [2.45, 2.75) is 4.90 Å². The van der Waals surface area contributed by atoms with E-state index in [1.165, 1.54) is 33.1 Å². The van der Waals surface area contributed by atoms with Crippen LogP contribution in [0, 0.1) is 5.82 Å². The third kappa shape index (κ3) is 4.01. The molecule has 0 aromatic heterocycles. The summed E-state index contributed by atoms with van der Waals surface area (Å²) in [4.78, 5) is 24.1. The fraction of sp³-hybridized carbons (Fsp3) is 0.385. The van der Waals surface area contributed by atoms with E-state index in [0.29, 0.717) is 0 Å². The van der Waals surface area contributed by atoms with Crippen molar-refractivity contribution in [2.24, 2.45) is 0 Å². The number of ether oxygens (including phenoxy) is 1. The zero-order valence-electron chi connectivity index (χ0n) is 12.7. The van der Waals surface area contributed by atoms with Crippen LogP contribution in [0.2, 0.25) is 0 Å². The molecule has 7 nitrogen and oxygen atoms in total. The van der Waals surface area contributed by atoms with Crippen molar-refractivity contribution in [1.29, 1.82) is 0 Å². The molecule has 0 fully saturated rings. The highest BCUT2D eigenvalue weighted by Gasteiger charge is 2.22. The molecule has 0 unspecified atom stereocenters. The Morgan fingerprint density at radius 1 is 1.18 bits per heavy atom. The second kappa shape index (κ2) is 6.84. The van der Waals surface area contributed by atoms with Gasteiger partial charge in [-0.2, -0.15) is 0 Å². The number of benzene rings is 1. The van der Waals surface area contributed by atoms with E-state index in [2.05, 4.69) is 4.74 Å². The number of likely N-dealkylation sites (N-methyl/N-ethyl adjacent to an activating group) is 1. The van der Waals surface area contributed by atoms with Crippen LogP contribution < -0.4 is 0 Å². The Morgan fingerprint density at radius 3 is 2.27 bits per heavy atom. The average Bonchev–Trinajstić information content (AvgIpc) is 2.44. The van der Waals surface area contributed by atoms with Crippen molar-refractivity contribution in [1.82, 2.24) is 9.21 Å². The number of esters is 1. The van der Waals surface area contributed by atoms with Gasteiger partial charge in [-0.1, -0.05) is 0 Å². The molecule has 0 aliphatic rings. The molecule has 0 heterocycles. The molecular formula is C13H17FN2O5S. The second-order valence-corrected chi connectivity index (χ2v) is 6.95. The van der Waals surface area contributed by atoms with E-state index >= 15 is 0 Å². The predicted molar refractivity (Wildman–Crippen MR) is 76.2 cm³/mol. The molecule has 1 aromatic carbocycles. The Bertz CT molecular complexity index is 686. The van der Waals surface area contributed by atoms with Gasteiger partial charge in [-0.15, -0.1) is 0 Å². The fourth-order valence-corrected chi connectivity index (χ4v) is 2.29. The van der Waals surface area contributed by atoms with Gasteiger partial charge < -0.3 is 9.64 Å². The number of carbonyl (C=O) groups excluding carboxylic acids is 2. The normalized spacial score (nSPS) is 11.4. The Hall–Kier alpha value is -2.00. The van der Waals surface area contributed by atoms with Crippen molar-refractivity contribution in [2.75, 3.05) is 34.8 Å². The van der Waals surface area contributed by atoms with Crippen LogP contribution in [0.25, 0.3) is 0 Å². The summed E-state index contributed by atoms with van der Waals surface area (Å²) >= 11 is 0. The van der Waals surface area contributed by atoms with Crippen LogP contribution in [0.5, 0.6) is 0 Å². The van der Waals surface area contributed by atoms with E-state index < -0.39 is 39.9 Å². The maximum Gasteiger partial charge on any atom is 0.341 e. The van der Waals surface area contributed by atoms with E-state index in [4.69, 9.17) is 0 Å². The molecule has 0 N–H and O–H groups in total. The molecular weight excluding hydrogens is 315 g/mol. The van der Waals surface area contributed by atoms with Crippen molar-refractivity contribution < 1.29 is 27.1 Å². The largest absolute Gasteiger partial charge is 0.452 e. The number of nitrogens with zero attached hydrogens (tertiary/aromatic N) is 2. The molecule has 0 saturated carbocycles. The van der Waals surface area contributed by atoms with Gasteiger partial charge in [0.2, 0.25) is 10.0 Å². The SMILES string of the molecule is CN(C)C(=O)COC(=O)c1cc(S(=O)(=O)N(C)C)ccc1F. The topological polar surface area (TPSA) is 84.0 Å².